The van der Waals surface area contributed by atoms with E-state index in [1.807, 2.05) is 24.3 Å². The Balaban J connectivity index is 1.87. The second-order valence-electron chi connectivity index (χ2n) is 6.94. The molecule has 2 aromatic rings. The third-order valence-corrected chi connectivity index (χ3v) is 5.03. The number of carbonyl (C=O) groups is 1. The van der Waals surface area contributed by atoms with E-state index in [-0.39, 0.29) is 30.8 Å². The van der Waals surface area contributed by atoms with Gasteiger partial charge >= 0.3 is 0 Å². The fourth-order valence-electron chi connectivity index (χ4n) is 3.30. The van der Waals surface area contributed by atoms with Gasteiger partial charge in [0.1, 0.15) is 6.07 Å². The molecule has 1 aliphatic heterocycles. The normalized spacial score (nSPS) is 17.6. The maximum Gasteiger partial charge on any atom is 0.173 e. The molecule has 1 saturated heterocycles. The van der Waals surface area contributed by atoms with Crippen LogP contribution >= 0.6 is 0 Å². The SMILES string of the molecule is CCC1CN1c1cccc2ccc(/C=C(\C#N)C(=O)CCC(O)CO)cc12. The van der Waals surface area contributed by atoms with E-state index in [0.717, 1.165) is 29.3 Å². The number of allylic oxidation sites excluding steroid dienone is 1. The van der Waals surface area contributed by atoms with Gasteiger partial charge in [0.2, 0.25) is 0 Å². The fraction of sp³-hybridized carbons (Fsp3) is 0.364. The first kappa shape index (κ1) is 19.1. The van der Waals surface area contributed by atoms with Gasteiger partial charge in [-0.15, -0.1) is 0 Å². The molecule has 1 heterocycles. The predicted molar refractivity (Wildman–Crippen MR) is 106 cm³/mol. The third kappa shape index (κ3) is 4.36. The van der Waals surface area contributed by atoms with E-state index in [4.69, 9.17) is 5.11 Å². The molecule has 2 unspecified atom stereocenters. The van der Waals surface area contributed by atoms with Gasteiger partial charge in [-0.2, -0.15) is 5.26 Å². The van der Waals surface area contributed by atoms with Crippen molar-refractivity contribution in [3.8, 4) is 6.07 Å². The van der Waals surface area contributed by atoms with Crippen molar-refractivity contribution in [1.29, 1.82) is 5.26 Å². The lowest BCUT2D eigenvalue weighted by molar-refractivity contribution is -0.115. The molecule has 1 fully saturated rings. The Hall–Kier alpha value is -2.68. The van der Waals surface area contributed by atoms with Crippen LogP contribution in [0.25, 0.3) is 16.8 Å². The largest absolute Gasteiger partial charge is 0.394 e. The lowest BCUT2D eigenvalue weighted by Gasteiger charge is -2.10. The number of hydrogen-bond donors (Lipinski definition) is 2. The summed E-state index contributed by atoms with van der Waals surface area (Å²) in [6.07, 6.45) is 1.96. The number of nitriles is 1. The minimum atomic E-state index is -0.934. The minimum absolute atomic E-state index is 0.0336. The number of hydrogen-bond acceptors (Lipinski definition) is 5. The lowest BCUT2D eigenvalue weighted by Crippen LogP contribution is -2.14. The average molecular weight is 364 g/mol. The number of rotatable bonds is 8. The maximum absolute atomic E-state index is 12.2. The van der Waals surface area contributed by atoms with Crippen molar-refractivity contribution >= 4 is 28.3 Å². The lowest BCUT2D eigenvalue weighted by atomic mass is 10.0. The second-order valence-corrected chi connectivity index (χ2v) is 6.94. The van der Waals surface area contributed by atoms with E-state index < -0.39 is 6.10 Å². The minimum Gasteiger partial charge on any atom is -0.394 e. The van der Waals surface area contributed by atoms with Crippen molar-refractivity contribution in [3.63, 3.8) is 0 Å². The quantitative estimate of drug-likeness (QED) is 0.427. The Morgan fingerprint density at radius 3 is 2.89 bits per heavy atom. The van der Waals surface area contributed by atoms with Crippen molar-refractivity contribution in [2.45, 2.75) is 38.3 Å². The van der Waals surface area contributed by atoms with E-state index in [2.05, 4.69) is 30.0 Å². The first-order chi connectivity index (χ1) is 13.1. The summed E-state index contributed by atoms with van der Waals surface area (Å²) in [7, 11) is 0. The van der Waals surface area contributed by atoms with E-state index >= 15 is 0 Å². The highest BCUT2D eigenvalue weighted by Gasteiger charge is 2.32. The van der Waals surface area contributed by atoms with Crippen LogP contribution < -0.4 is 4.90 Å². The summed E-state index contributed by atoms with van der Waals surface area (Å²) in [5.41, 5.74) is 2.05. The molecule has 2 aromatic carbocycles. The highest BCUT2D eigenvalue weighted by molar-refractivity contribution is 6.04. The van der Waals surface area contributed by atoms with Crippen LogP contribution in [-0.2, 0) is 4.79 Å². The molecule has 0 radical (unpaired) electrons. The van der Waals surface area contributed by atoms with Crippen LogP contribution in [0.1, 0.15) is 31.7 Å². The molecule has 0 amide bonds. The van der Waals surface area contributed by atoms with Crippen LogP contribution in [0, 0.1) is 11.3 Å². The summed E-state index contributed by atoms with van der Waals surface area (Å²) >= 11 is 0. The molecule has 5 nitrogen and oxygen atoms in total. The number of anilines is 1. The molecule has 0 spiro atoms. The van der Waals surface area contributed by atoms with Gasteiger partial charge in [-0.1, -0.05) is 31.2 Å². The van der Waals surface area contributed by atoms with E-state index in [1.54, 1.807) is 6.08 Å². The molecule has 2 N–H and O–H groups in total. The van der Waals surface area contributed by atoms with Crippen LogP contribution in [-0.4, -0.2) is 41.3 Å². The average Bonchev–Trinajstić information content (AvgIpc) is 3.49. The number of Topliss-reactive ketones (excluding diaryl/α,β-unsaturated/α-hetero) is 1. The Morgan fingerprint density at radius 2 is 2.22 bits per heavy atom. The summed E-state index contributed by atoms with van der Waals surface area (Å²) in [5.74, 6) is -0.324. The Bertz CT molecular complexity index is 913. The molecule has 0 aromatic heterocycles. The highest BCUT2D eigenvalue weighted by atomic mass is 16.3. The van der Waals surface area contributed by atoms with Crippen LogP contribution in [0.4, 0.5) is 5.69 Å². The van der Waals surface area contributed by atoms with E-state index in [1.165, 1.54) is 5.69 Å². The molecule has 0 aliphatic carbocycles. The summed E-state index contributed by atoms with van der Waals surface area (Å²) in [6, 6.07) is 14.7. The van der Waals surface area contributed by atoms with Gasteiger partial charge in [0.15, 0.2) is 5.78 Å². The smallest absolute Gasteiger partial charge is 0.173 e. The molecule has 0 saturated carbocycles. The number of aliphatic hydroxyl groups is 2. The maximum atomic E-state index is 12.2. The van der Waals surface area contributed by atoms with Crippen molar-refractivity contribution in [2.75, 3.05) is 18.1 Å². The third-order valence-electron chi connectivity index (χ3n) is 5.03. The van der Waals surface area contributed by atoms with E-state index in [0.29, 0.717) is 6.04 Å². The molecule has 140 valence electrons. The summed E-state index contributed by atoms with van der Waals surface area (Å²) in [4.78, 5) is 14.6. The molecular weight excluding hydrogens is 340 g/mol. The topological polar surface area (TPSA) is 84.3 Å². The highest BCUT2D eigenvalue weighted by Crippen LogP contribution is 2.36. The first-order valence-corrected chi connectivity index (χ1v) is 9.30. The zero-order valence-corrected chi connectivity index (χ0v) is 15.4. The molecular formula is C22H24N2O3. The van der Waals surface area contributed by atoms with Gasteiger partial charge in [-0.05, 0) is 42.0 Å². The first-order valence-electron chi connectivity index (χ1n) is 9.30. The fourth-order valence-corrected chi connectivity index (χ4v) is 3.30. The van der Waals surface area contributed by atoms with Crippen molar-refractivity contribution < 1.29 is 15.0 Å². The summed E-state index contributed by atoms with van der Waals surface area (Å²) in [6.45, 7) is 2.86. The number of aliphatic hydroxyl groups excluding tert-OH is 2. The zero-order valence-electron chi connectivity index (χ0n) is 15.4. The van der Waals surface area contributed by atoms with Crippen molar-refractivity contribution in [3.05, 3.63) is 47.5 Å². The van der Waals surface area contributed by atoms with Gasteiger partial charge in [-0.25, -0.2) is 0 Å². The van der Waals surface area contributed by atoms with Crippen LogP contribution in [0.3, 0.4) is 0 Å². The molecule has 27 heavy (non-hydrogen) atoms. The van der Waals surface area contributed by atoms with Gasteiger partial charge in [0.25, 0.3) is 0 Å². The van der Waals surface area contributed by atoms with Crippen molar-refractivity contribution in [2.24, 2.45) is 0 Å². The predicted octanol–water partition coefficient (Wildman–Crippen LogP) is 3.05. The molecule has 3 rings (SSSR count). The van der Waals surface area contributed by atoms with Crippen molar-refractivity contribution in [1.82, 2.24) is 0 Å². The number of ketones is 1. The van der Waals surface area contributed by atoms with Crippen LogP contribution in [0.5, 0.6) is 0 Å². The summed E-state index contributed by atoms with van der Waals surface area (Å²) in [5, 5.41) is 29.8. The van der Waals surface area contributed by atoms with Gasteiger partial charge in [-0.3, -0.25) is 4.79 Å². The van der Waals surface area contributed by atoms with Crippen LogP contribution in [0.15, 0.2) is 42.0 Å². The number of benzene rings is 2. The molecule has 1 aliphatic rings. The standard InChI is InChI=1S/C22H24N2O3/c1-2-18-13-24(18)21-5-3-4-16-7-6-15(11-20(16)21)10-17(12-23)22(27)9-8-19(26)14-25/h3-7,10-11,18-19,25-26H,2,8-9,13-14H2,1H3/b17-10+. The number of carbonyl (C=O) groups excluding carboxylic acids is 1. The van der Waals surface area contributed by atoms with Gasteiger partial charge in [0.05, 0.1) is 18.3 Å². The Kier molecular flexibility index (Phi) is 5.90. The van der Waals surface area contributed by atoms with Gasteiger partial charge < -0.3 is 15.1 Å². The zero-order chi connectivity index (χ0) is 19.4. The van der Waals surface area contributed by atoms with Gasteiger partial charge in [0, 0.05) is 30.1 Å². The second kappa shape index (κ2) is 8.34. The number of nitrogens with zero attached hydrogens (tertiary/aromatic N) is 2. The molecule has 0 bridgehead atoms. The Labute approximate surface area is 159 Å². The van der Waals surface area contributed by atoms with E-state index in [9.17, 15) is 15.2 Å². The monoisotopic (exact) mass is 364 g/mol. The van der Waals surface area contributed by atoms with Crippen LogP contribution in [0.2, 0.25) is 0 Å². The molecule has 2 atom stereocenters. The Morgan fingerprint density at radius 1 is 1.41 bits per heavy atom. The number of fused-ring (bicyclic) bond motifs is 1. The molecule has 5 heteroatoms. The summed E-state index contributed by atoms with van der Waals surface area (Å²) < 4.78 is 0.